The van der Waals surface area contributed by atoms with E-state index in [1.165, 1.54) is 18.6 Å². The Morgan fingerprint density at radius 2 is 1.95 bits per heavy atom. The third-order valence-corrected chi connectivity index (χ3v) is 10.4. The van der Waals surface area contributed by atoms with E-state index in [9.17, 15) is 9.18 Å². The van der Waals surface area contributed by atoms with Crippen LogP contribution in [-0.2, 0) is 13.0 Å². The lowest BCUT2D eigenvalue weighted by Gasteiger charge is -2.61. The zero-order chi connectivity index (χ0) is 30.5. The maximum absolute atomic E-state index is 13.7. The molecule has 5 atom stereocenters. The van der Waals surface area contributed by atoms with Crippen LogP contribution in [0.15, 0.2) is 58.8 Å². The molecule has 2 aromatic carbocycles. The topological polar surface area (TPSA) is 74.6 Å². The van der Waals surface area contributed by atoms with Crippen molar-refractivity contribution >= 4 is 28.1 Å². The maximum atomic E-state index is 13.7. The van der Waals surface area contributed by atoms with Crippen molar-refractivity contribution in [1.82, 2.24) is 19.8 Å². The van der Waals surface area contributed by atoms with Crippen molar-refractivity contribution in [2.75, 3.05) is 25.0 Å². The molecule has 4 fully saturated rings. The predicted octanol–water partition coefficient (Wildman–Crippen LogP) is 5.94. The number of aryl methyl sites for hydroxylation is 1. The molecule has 228 valence electrons. The summed E-state index contributed by atoms with van der Waals surface area (Å²) >= 11 is 0. The zero-order valence-corrected chi connectivity index (χ0v) is 26.2. The Hall–Kier alpha value is -3.52. The average Bonchev–Trinajstić information content (AvgIpc) is 2.97. The van der Waals surface area contributed by atoms with Gasteiger partial charge in [-0.1, -0.05) is 39.5 Å². The van der Waals surface area contributed by atoms with Gasteiger partial charge in [0, 0.05) is 37.9 Å². The third-order valence-electron chi connectivity index (χ3n) is 10.4. The van der Waals surface area contributed by atoms with Crippen LogP contribution in [-0.4, -0.2) is 52.1 Å². The molecule has 0 amide bonds. The van der Waals surface area contributed by atoms with Crippen molar-refractivity contribution in [2.45, 2.75) is 72.5 Å². The lowest BCUT2D eigenvalue weighted by Crippen LogP contribution is -2.57. The van der Waals surface area contributed by atoms with Gasteiger partial charge < -0.3 is 15.5 Å². The fourth-order valence-corrected chi connectivity index (χ4v) is 7.62. The number of allylic oxidation sites excluding steroid dienone is 1. The summed E-state index contributed by atoms with van der Waals surface area (Å²) in [6.07, 6.45) is 3.06. The molecule has 0 spiro atoms. The molecule has 2 heterocycles. The van der Waals surface area contributed by atoms with Crippen molar-refractivity contribution in [2.24, 2.45) is 28.2 Å². The largest absolute Gasteiger partial charge is 0.340 e. The number of aromatic nitrogens is 2. The Labute approximate surface area is 254 Å². The normalized spacial score (nSPS) is 26.7. The smallest absolute Gasteiger partial charge is 0.261 e. The molecule has 3 saturated carbocycles. The minimum atomic E-state index is -0.270. The molecule has 7 nitrogen and oxygen atoms in total. The van der Waals surface area contributed by atoms with Crippen molar-refractivity contribution in [3.8, 4) is 0 Å². The van der Waals surface area contributed by atoms with Crippen molar-refractivity contribution in [3.63, 3.8) is 0 Å². The van der Waals surface area contributed by atoms with E-state index in [2.05, 4.69) is 49.8 Å². The van der Waals surface area contributed by atoms with E-state index in [4.69, 9.17) is 9.98 Å². The summed E-state index contributed by atoms with van der Waals surface area (Å²) in [7, 11) is 0. The predicted molar refractivity (Wildman–Crippen MR) is 174 cm³/mol. The highest BCUT2D eigenvalue weighted by molar-refractivity contribution is 5.96. The van der Waals surface area contributed by atoms with Gasteiger partial charge in [-0.25, -0.2) is 14.4 Å². The number of nitrogens with one attached hydrogen (secondary N) is 2. The molecular weight excluding hydrogens is 539 g/mol. The molecule has 1 aromatic heterocycles. The first-order valence-electron chi connectivity index (χ1n) is 15.8. The molecule has 43 heavy (non-hydrogen) atoms. The first kappa shape index (κ1) is 29.5. The average molecular weight is 585 g/mol. The fraction of sp³-hybridized carbons (Fsp3) is 0.514. The highest BCUT2D eigenvalue weighted by Gasteiger charge is 2.56. The van der Waals surface area contributed by atoms with Crippen LogP contribution >= 0.6 is 0 Å². The van der Waals surface area contributed by atoms with Gasteiger partial charge in [-0.15, -0.1) is 0 Å². The molecule has 1 saturated heterocycles. The minimum absolute atomic E-state index is 0.0978. The molecule has 2 bridgehead atoms. The number of benzene rings is 2. The number of hydrogen-bond donors (Lipinski definition) is 2. The molecule has 3 aromatic rings. The summed E-state index contributed by atoms with van der Waals surface area (Å²) < 4.78 is 15.1. The summed E-state index contributed by atoms with van der Waals surface area (Å²) in [5, 5.41) is 7.77. The van der Waals surface area contributed by atoms with Gasteiger partial charge in [0.1, 0.15) is 11.6 Å². The van der Waals surface area contributed by atoms with E-state index in [0.717, 1.165) is 60.7 Å². The highest BCUT2D eigenvalue weighted by Crippen LogP contribution is 2.61. The Morgan fingerprint density at radius 1 is 1.19 bits per heavy atom. The van der Waals surface area contributed by atoms with E-state index in [-0.39, 0.29) is 11.4 Å². The molecule has 4 aliphatic rings. The summed E-state index contributed by atoms with van der Waals surface area (Å²) in [6, 6.07) is 12.9. The second-order valence-electron chi connectivity index (χ2n) is 13.7. The van der Waals surface area contributed by atoms with Crippen molar-refractivity contribution < 1.29 is 4.39 Å². The van der Waals surface area contributed by atoms with Gasteiger partial charge in [-0.3, -0.25) is 9.36 Å². The van der Waals surface area contributed by atoms with E-state index in [1.54, 1.807) is 16.7 Å². The van der Waals surface area contributed by atoms with Crippen LogP contribution in [0.2, 0.25) is 0 Å². The lowest BCUT2D eigenvalue weighted by molar-refractivity contribution is -0.108. The van der Waals surface area contributed by atoms with E-state index in [0.29, 0.717) is 53.1 Å². The third kappa shape index (κ3) is 5.74. The van der Waals surface area contributed by atoms with Crippen LogP contribution < -0.4 is 16.2 Å². The zero-order valence-electron chi connectivity index (χ0n) is 26.2. The highest BCUT2D eigenvalue weighted by atomic mass is 19.1. The van der Waals surface area contributed by atoms with Gasteiger partial charge in [0.15, 0.2) is 5.96 Å². The van der Waals surface area contributed by atoms with E-state index >= 15 is 0 Å². The van der Waals surface area contributed by atoms with Crippen LogP contribution in [0.5, 0.6) is 0 Å². The molecule has 3 aliphatic carbocycles. The van der Waals surface area contributed by atoms with Crippen LogP contribution in [0.1, 0.15) is 58.8 Å². The van der Waals surface area contributed by atoms with Crippen molar-refractivity contribution in [3.05, 3.63) is 76.6 Å². The number of halogens is 1. The summed E-state index contributed by atoms with van der Waals surface area (Å²) in [4.78, 5) is 26.4. The number of fused-ring (bicyclic) bond motifs is 3. The van der Waals surface area contributed by atoms with Gasteiger partial charge in [-0.05, 0) is 97.7 Å². The Bertz CT molecular complexity index is 1610. The van der Waals surface area contributed by atoms with Gasteiger partial charge in [0.05, 0.1) is 16.9 Å². The molecule has 7 rings (SSSR count). The molecule has 0 radical (unpaired) electrons. The van der Waals surface area contributed by atoms with Crippen LogP contribution in [0, 0.1) is 29.0 Å². The molecule has 5 unspecified atom stereocenters. The fourth-order valence-electron chi connectivity index (χ4n) is 7.62. The Balaban J connectivity index is 1.30. The first-order valence-corrected chi connectivity index (χ1v) is 15.8. The van der Waals surface area contributed by atoms with E-state index < -0.39 is 0 Å². The molecule has 2 N–H and O–H groups in total. The van der Waals surface area contributed by atoms with E-state index in [1.807, 2.05) is 25.1 Å². The number of aliphatic imine (C=N–C) groups is 1. The molecular formula is C35H45FN6O. The summed E-state index contributed by atoms with van der Waals surface area (Å²) in [5.74, 6) is 3.21. The SMILES string of the molecule is C=C(C)c1nc2cc(NC(=NC3CC4CC(C3C)C4(C)C)N3CCNC(C)C3)ccc2c(=O)n1CCc1ccc(F)cc1. The van der Waals surface area contributed by atoms with Gasteiger partial charge in [-0.2, -0.15) is 0 Å². The van der Waals surface area contributed by atoms with Gasteiger partial charge >= 0.3 is 0 Å². The van der Waals surface area contributed by atoms with Crippen LogP contribution in [0.25, 0.3) is 16.5 Å². The number of rotatable bonds is 6. The first-order chi connectivity index (χ1) is 20.5. The number of guanidine groups is 1. The van der Waals surface area contributed by atoms with Crippen LogP contribution in [0.3, 0.4) is 0 Å². The maximum Gasteiger partial charge on any atom is 0.261 e. The van der Waals surface area contributed by atoms with Gasteiger partial charge in [0.25, 0.3) is 5.56 Å². The lowest BCUT2D eigenvalue weighted by atomic mass is 9.45. The number of hydrogen-bond acceptors (Lipinski definition) is 4. The number of piperazine rings is 1. The second kappa shape index (κ2) is 11.5. The second-order valence-corrected chi connectivity index (χ2v) is 13.7. The summed E-state index contributed by atoms with van der Waals surface area (Å²) in [5.41, 5.74) is 3.51. The van der Waals surface area contributed by atoms with Gasteiger partial charge in [0.2, 0.25) is 0 Å². The monoisotopic (exact) mass is 584 g/mol. The van der Waals surface area contributed by atoms with Crippen molar-refractivity contribution in [1.29, 1.82) is 0 Å². The molecule has 1 aliphatic heterocycles. The Morgan fingerprint density at radius 3 is 2.63 bits per heavy atom. The minimum Gasteiger partial charge on any atom is -0.340 e. The Kier molecular flexibility index (Phi) is 7.92. The standard InChI is InChI=1S/C35H45FN6O/c1-21(2)32-39-31-19-27(11-12-28(31)33(43)42(32)15-13-24-7-9-26(36)10-8-24)38-34(41-16-14-37-22(3)20-41)40-30-18-25-17-29(23(30)4)35(25,5)6/h7-12,19,22-23,25,29-30,37H,1,13-18,20H2,2-6H3,(H,38,40). The van der Waals surface area contributed by atoms with Crippen LogP contribution in [0.4, 0.5) is 10.1 Å². The summed E-state index contributed by atoms with van der Waals surface area (Å²) in [6.45, 7) is 18.6. The molecule has 8 heteroatoms. The number of nitrogens with zero attached hydrogens (tertiary/aromatic N) is 4. The quantitative estimate of drug-likeness (QED) is 0.277. The number of anilines is 1.